The van der Waals surface area contributed by atoms with Gasteiger partial charge in [-0.2, -0.15) is 0 Å². The molecule has 0 aromatic carbocycles. The van der Waals surface area contributed by atoms with Crippen LogP contribution >= 0.6 is 0 Å². The lowest BCUT2D eigenvalue weighted by Crippen LogP contribution is -2.54. The molecule has 9 nitrogen and oxygen atoms in total. The first-order valence-electron chi connectivity index (χ1n) is 8.45. The van der Waals surface area contributed by atoms with Crippen LogP contribution in [-0.4, -0.2) is 77.0 Å². The second-order valence-corrected chi connectivity index (χ2v) is 9.87. The zero-order valence-electron chi connectivity index (χ0n) is 16.9. The maximum absolute atomic E-state index is 11.9. The number of carbonyl (C=O) groups is 1. The van der Waals surface area contributed by atoms with Gasteiger partial charge in [-0.15, -0.1) is 0 Å². The third kappa shape index (κ3) is 14.8. The van der Waals surface area contributed by atoms with Crippen LogP contribution < -0.4 is 16.0 Å². The van der Waals surface area contributed by atoms with Crippen LogP contribution in [0.4, 0.5) is 4.79 Å². The van der Waals surface area contributed by atoms with Crippen molar-refractivity contribution in [3.8, 4) is 0 Å². The Morgan fingerprint density at radius 3 is 2.19 bits per heavy atom. The number of alkyl carbamates (subject to hydrolysis) is 1. The molecule has 0 aliphatic rings. The number of sulfone groups is 1. The topological polar surface area (TPSA) is 118 Å². The predicted molar refractivity (Wildman–Crippen MR) is 103 cm³/mol. The van der Waals surface area contributed by atoms with Gasteiger partial charge in [0.15, 0.2) is 5.96 Å². The van der Waals surface area contributed by atoms with Crippen molar-refractivity contribution in [3.63, 3.8) is 0 Å². The highest BCUT2D eigenvalue weighted by Gasteiger charge is 2.24. The molecule has 10 heteroatoms. The normalized spacial score (nSPS) is 13.3. The fourth-order valence-corrected chi connectivity index (χ4v) is 2.12. The number of hydrogen-bond acceptors (Lipinski definition) is 6. The molecule has 0 aliphatic carbocycles. The van der Waals surface area contributed by atoms with E-state index in [4.69, 9.17) is 9.47 Å². The van der Waals surface area contributed by atoms with Gasteiger partial charge < -0.3 is 25.4 Å². The van der Waals surface area contributed by atoms with Crippen LogP contribution in [0, 0.1) is 0 Å². The van der Waals surface area contributed by atoms with E-state index in [1.807, 2.05) is 34.6 Å². The summed E-state index contributed by atoms with van der Waals surface area (Å²) < 4.78 is 32.5. The van der Waals surface area contributed by atoms with Crippen molar-refractivity contribution in [2.24, 2.45) is 4.99 Å². The van der Waals surface area contributed by atoms with Gasteiger partial charge in [0.25, 0.3) is 0 Å². The Balaban J connectivity index is 4.14. The fraction of sp³-hybridized carbons (Fsp3) is 0.875. The number of nitrogens with zero attached hydrogens (tertiary/aromatic N) is 1. The molecular formula is C16H34N4O5S. The summed E-state index contributed by atoms with van der Waals surface area (Å²) in [7, 11) is -1.37. The number of ether oxygens (including phenoxy) is 2. The van der Waals surface area contributed by atoms with Gasteiger partial charge in [-0.1, -0.05) is 0 Å². The molecule has 26 heavy (non-hydrogen) atoms. The standard InChI is InChI=1S/C16H34N4O5S/c1-15(2,3)25-14(21)20-16(4,5)12-19-13(17-6)18-8-9-24-10-11-26(7,22)23/h8-12H2,1-7H3,(H,20,21)(H2,17,18,19). The van der Waals surface area contributed by atoms with Gasteiger partial charge in [-0.05, 0) is 34.6 Å². The summed E-state index contributed by atoms with van der Waals surface area (Å²) in [6.45, 7) is 10.6. The molecule has 0 spiro atoms. The Labute approximate surface area is 157 Å². The van der Waals surface area contributed by atoms with E-state index in [0.717, 1.165) is 0 Å². The summed E-state index contributed by atoms with van der Waals surface area (Å²) in [4.78, 5) is 16.0. The van der Waals surface area contributed by atoms with Gasteiger partial charge in [0.1, 0.15) is 15.4 Å². The summed E-state index contributed by atoms with van der Waals surface area (Å²) in [5.41, 5.74) is -1.10. The van der Waals surface area contributed by atoms with E-state index in [1.165, 1.54) is 6.26 Å². The molecule has 0 aromatic rings. The Kier molecular flexibility index (Phi) is 9.93. The Bertz CT molecular complexity index is 568. The van der Waals surface area contributed by atoms with E-state index in [-0.39, 0.29) is 12.4 Å². The first-order valence-corrected chi connectivity index (χ1v) is 10.5. The van der Waals surface area contributed by atoms with Crippen molar-refractivity contribution in [1.29, 1.82) is 0 Å². The highest BCUT2D eigenvalue weighted by Crippen LogP contribution is 2.09. The number of aliphatic imine (C=N–C) groups is 1. The van der Waals surface area contributed by atoms with Crippen molar-refractivity contribution in [2.75, 3.05) is 45.4 Å². The van der Waals surface area contributed by atoms with Crippen molar-refractivity contribution >= 4 is 21.9 Å². The summed E-state index contributed by atoms with van der Waals surface area (Å²) in [5.74, 6) is 0.556. The molecule has 154 valence electrons. The first kappa shape index (κ1) is 24.5. The van der Waals surface area contributed by atoms with E-state index in [1.54, 1.807) is 7.05 Å². The van der Waals surface area contributed by atoms with Gasteiger partial charge >= 0.3 is 6.09 Å². The van der Waals surface area contributed by atoms with Crippen molar-refractivity contribution in [1.82, 2.24) is 16.0 Å². The van der Waals surface area contributed by atoms with Gasteiger partial charge in [-0.3, -0.25) is 4.99 Å². The van der Waals surface area contributed by atoms with Crippen LogP contribution in [0.1, 0.15) is 34.6 Å². The van der Waals surface area contributed by atoms with Crippen molar-refractivity contribution < 1.29 is 22.7 Å². The van der Waals surface area contributed by atoms with Gasteiger partial charge in [0.05, 0.1) is 24.5 Å². The van der Waals surface area contributed by atoms with Crippen LogP contribution in [0.2, 0.25) is 0 Å². The van der Waals surface area contributed by atoms with Crippen LogP contribution in [0.5, 0.6) is 0 Å². The molecule has 0 radical (unpaired) electrons. The summed E-state index contributed by atoms with van der Waals surface area (Å²) in [6, 6.07) is 0. The highest BCUT2D eigenvalue weighted by atomic mass is 32.2. The molecule has 0 atom stereocenters. The largest absolute Gasteiger partial charge is 0.444 e. The summed E-state index contributed by atoms with van der Waals surface area (Å²) in [5, 5.41) is 8.96. The van der Waals surface area contributed by atoms with Crippen molar-refractivity contribution in [3.05, 3.63) is 0 Å². The fourth-order valence-electron chi connectivity index (χ4n) is 1.70. The van der Waals surface area contributed by atoms with Crippen LogP contribution in [-0.2, 0) is 19.3 Å². The molecule has 1 amide bonds. The smallest absolute Gasteiger partial charge is 0.408 e. The van der Waals surface area contributed by atoms with E-state index in [0.29, 0.717) is 25.7 Å². The average molecular weight is 395 g/mol. The predicted octanol–water partition coefficient (Wildman–Crippen LogP) is 0.516. The summed E-state index contributed by atoms with van der Waals surface area (Å²) >= 11 is 0. The van der Waals surface area contributed by atoms with Crippen LogP contribution in [0.25, 0.3) is 0 Å². The Morgan fingerprint density at radius 1 is 1.08 bits per heavy atom. The Hall–Kier alpha value is -1.55. The number of nitrogens with one attached hydrogen (secondary N) is 3. The third-order valence-corrected chi connectivity index (χ3v) is 3.81. The van der Waals surface area contributed by atoms with E-state index in [9.17, 15) is 13.2 Å². The van der Waals surface area contributed by atoms with Gasteiger partial charge in [0.2, 0.25) is 0 Å². The van der Waals surface area contributed by atoms with Crippen molar-refractivity contribution in [2.45, 2.75) is 45.8 Å². The lowest BCUT2D eigenvalue weighted by Gasteiger charge is -2.29. The first-order chi connectivity index (χ1) is 11.7. The van der Waals surface area contributed by atoms with Crippen LogP contribution in [0.3, 0.4) is 0 Å². The van der Waals surface area contributed by atoms with E-state index in [2.05, 4.69) is 20.9 Å². The molecule has 0 unspecified atom stereocenters. The van der Waals surface area contributed by atoms with E-state index >= 15 is 0 Å². The summed E-state index contributed by atoms with van der Waals surface area (Å²) in [6.07, 6.45) is 0.694. The molecule has 0 aromatic heterocycles. The lowest BCUT2D eigenvalue weighted by atomic mass is 10.1. The second kappa shape index (κ2) is 10.6. The average Bonchev–Trinajstić information content (AvgIpc) is 2.41. The van der Waals surface area contributed by atoms with Gasteiger partial charge in [0, 0.05) is 26.4 Å². The quantitative estimate of drug-likeness (QED) is 0.296. The monoisotopic (exact) mass is 394 g/mol. The van der Waals surface area contributed by atoms with E-state index < -0.39 is 27.1 Å². The molecule has 0 fully saturated rings. The SMILES string of the molecule is CN=C(NCCOCCS(C)(=O)=O)NCC(C)(C)NC(=O)OC(C)(C)C. The maximum Gasteiger partial charge on any atom is 0.408 e. The zero-order valence-corrected chi connectivity index (χ0v) is 17.7. The molecule has 0 saturated carbocycles. The molecular weight excluding hydrogens is 360 g/mol. The number of hydrogen-bond donors (Lipinski definition) is 3. The lowest BCUT2D eigenvalue weighted by molar-refractivity contribution is 0.0474. The minimum Gasteiger partial charge on any atom is -0.444 e. The molecule has 3 N–H and O–H groups in total. The molecule has 0 saturated heterocycles. The minimum atomic E-state index is -3.01. The Morgan fingerprint density at radius 2 is 1.69 bits per heavy atom. The second-order valence-electron chi connectivity index (χ2n) is 7.61. The minimum absolute atomic E-state index is 0.00446. The van der Waals surface area contributed by atoms with Crippen LogP contribution in [0.15, 0.2) is 4.99 Å². The zero-order chi connectivity index (χ0) is 20.4. The molecule has 0 rings (SSSR count). The molecule has 0 bridgehead atoms. The molecule has 0 aliphatic heterocycles. The van der Waals surface area contributed by atoms with Gasteiger partial charge in [-0.25, -0.2) is 13.2 Å². The number of carbonyl (C=O) groups excluding carboxylic acids is 1. The molecule has 0 heterocycles. The number of rotatable bonds is 9. The maximum atomic E-state index is 11.9. The number of amides is 1. The number of guanidine groups is 1. The third-order valence-electron chi connectivity index (χ3n) is 2.90. The highest BCUT2D eigenvalue weighted by molar-refractivity contribution is 7.90.